The van der Waals surface area contributed by atoms with E-state index in [9.17, 15) is 53.4 Å². The van der Waals surface area contributed by atoms with Crippen molar-refractivity contribution in [3.63, 3.8) is 0 Å². The summed E-state index contributed by atoms with van der Waals surface area (Å²) in [5.74, 6) is -8.88. The van der Waals surface area contributed by atoms with Gasteiger partial charge in [0.05, 0.1) is 12.5 Å². The lowest BCUT2D eigenvalue weighted by molar-refractivity contribution is -0.144. The average Bonchev–Trinajstić information content (AvgIpc) is 3.71. The topological polar surface area (TPSA) is 381 Å². The van der Waals surface area contributed by atoms with Crippen molar-refractivity contribution in [3.8, 4) is 0 Å². The van der Waals surface area contributed by atoms with Crippen LogP contribution in [0.5, 0.6) is 0 Å². The first kappa shape index (κ1) is 53.4. The molecule has 1 aliphatic rings. The Morgan fingerprint density at radius 2 is 1.16 bits per heavy atom. The maximum absolute atomic E-state index is 13.6. The highest BCUT2D eigenvalue weighted by Crippen LogP contribution is 2.11. The number of hydrogen-bond acceptors (Lipinski definition) is 12. The third kappa shape index (κ3) is 20.5. The molecule has 0 spiro atoms. The van der Waals surface area contributed by atoms with Gasteiger partial charge in [-0.25, -0.2) is 4.79 Å². The molecule has 1 saturated heterocycles. The number of carboxylic acids is 2. The molecule has 1 aliphatic heterocycles. The minimum absolute atomic E-state index is 0.0317. The SMILES string of the molecule is CC(C)C[C@H](NC(=O)[C@H](CC(=O)O)NC(=O)[C@H](C)NC(=O)[C@H](CCCN=C(N)N)NC(=O)[C@H](C)NC(=O)[C@H](CCCCN)NC(=O)[C@@H](NC(=O)[C@@H]1CCCN1)C(C)C)C(=O)O. The number of aliphatic carboxylic acids is 2. The molecular weight excluding hydrogens is 800 g/mol. The van der Waals surface area contributed by atoms with E-state index in [1.54, 1.807) is 27.7 Å². The van der Waals surface area contributed by atoms with E-state index in [-0.39, 0.29) is 55.9 Å². The number of nitrogens with two attached hydrogens (primary N) is 3. The van der Waals surface area contributed by atoms with Crippen molar-refractivity contribution in [2.75, 3.05) is 19.6 Å². The Morgan fingerprint density at radius 1 is 0.656 bits per heavy atom. The van der Waals surface area contributed by atoms with Crippen molar-refractivity contribution < 1.29 is 53.4 Å². The van der Waals surface area contributed by atoms with Crippen LogP contribution in [0.25, 0.3) is 0 Å². The largest absolute Gasteiger partial charge is 0.481 e. The predicted molar refractivity (Wildman–Crippen MR) is 223 cm³/mol. The summed E-state index contributed by atoms with van der Waals surface area (Å²) in [6.07, 6.45) is 1.84. The Morgan fingerprint density at radius 3 is 1.62 bits per heavy atom. The number of carboxylic acid groups (broad SMARTS) is 2. The Balaban J connectivity index is 3.14. The second-order valence-corrected chi connectivity index (χ2v) is 15.9. The molecule has 8 atom stereocenters. The highest BCUT2D eigenvalue weighted by atomic mass is 16.4. The number of rotatable bonds is 28. The second-order valence-electron chi connectivity index (χ2n) is 15.9. The van der Waals surface area contributed by atoms with Gasteiger partial charge in [-0.2, -0.15) is 0 Å². The molecule has 0 saturated carbocycles. The molecule has 346 valence electrons. The first-order valence-corrected chi connectivity index (χ1v) is 20.6. The third-order valence-electron chi connectivity index (χ3n) is 9.62. The van der Waals surface area contributed by atoms with Gasteiger partial charge in [-0.1, -0.05) is 27.7 Å². The number of unbranched alkanes of at least 4 members (excludes halogenated alkanes) is 1. The van der Waals surface area contributed by atoms with Gasteiger partial charge in [0.1, 0.15) is 42.3 Å². The molecule has 23 nitrogen and oxygen atoms in total. The van der Waals surface area contributed by atoms with Crippen LogP contribution >= 0.6 is 0 Å². The van der Waals surface area contributed by atoms with E-state index in [1.807, 2.05) is 0 Å². The molecule has 0 unspecified atom stereocenters. The molecule has 1 heterocycles. The van der Waals surface area contributed by atoms with Gasteiger partial charge in [0.15, 0.2) is 5.96 Å². The van der Waals surface area contributed by atoms with Crippen LogP contribution in [0.15, 0.2) is 4.99 Å². The lowest BCUT2D eigenvalue weighted by Crippen LogP contribution is -2.60. The van der Waals surface area contributed by atoms with E-state index in [1.165, 1.54) is 13.8 Å². The van der Waals surface area contributed by atoms with E-state index >= 15 is 0 Å². The van der Waals surface area contributed by atoms with Crippen LogP contribution in [0.1, 0.15) is 99.3 Å². The number of aliphatic imine (C=N–C) groups is 1. The van der Waals surface area contributed by atoms with Crippen LogP contribution in [0.2, 0.25) is 0 Å². The third-order valence-corrected chi connectivity index (χ3v) is 9.62. The van der Waals surface area contributed by atoms with Crippen molar-refractivity contribution in [1.29, 1.82) is 0 Å². The summed E-state index contributed by atoms with van der Waals surface area (Å²) < 4.78 is 0. The van der Waals surface area contributed by atoms with Gasteiger partial charge in [0, 0.05) is 6.54 Å². The molecule has 16 N–H and O–H groups in total. The van der Waals surface area contributed by atoms with E-state index in [0.29, 0.717) is 32.4 Å². The maximum atomic E-state index is 13.6. The molecule has 0 aromatic heterocycles. The average molecular weight is 869 g/mol. The number of nitrogens with zero attached hydrogens (tertiary/aromatic N) is 1. The van der Waals surface area contributed by atoms with Crippen molar-refractivity contribution in [2.45, 2.75) is 148 Å². The monoisotopic (exact) mass is 869 g/mol. The van der Waals surface area contributed by atoms with Gasteiger partial charge in [-0.05, 0) is 90.1 Å². The fraction of sp³-hybridized carbons (Fsp3) is 0.737. The standard InChI is InChI=1S/C38H68N12O11/c1-19(2)17-27(37(60)61)49-35(58)26(18-28(51)52)48-31(54)22(6)45-34(57)25(13-10-16-43-38(40)41)46-30(53)21(5)44-33(56)24(11-7-8-14-39)47-36(59)29(20(3)4)50-32(55)23-12-9-15-42-23/h19-27,29,42H,7-18,39H2,1-6H3,(H,44,56)(H,45,57)(H,46,53)(H,47,59)(H,48,54)(H,49,58)(H,50,55)(H,51,52)(H,60,61)(H4,40,41,43)/t21-,22-,23-,24-,25-,26-,27-,29-/m0/s1. The van der Waals surface area contributed by atoms with Gasteiger partial charge in [0.25, 0.3) is 0 Å². The lowest BCUT2D eigenvalue weighted by atomic mass is 10.0. The van der Waals surface area contributed by atoms with Gasteiger partial charge in [-0.15, -0.1) is 0 Å². The molecule has 0 aliphatic carbocycles. The molecule has 61 heavy (non-hydrogen) atoms. The molecular formula is C38H68N12O11. The molecule has 7 amide bonds. The Hall–Kier alpha value is -5.58. The number of nitrogens with one attached hydrogen (secondary N) is 8. The summed E-state index contributed by atoms with van der Waals surface area (Å²) in [6.45, 7) is 10.6. The molecule has 0 radical (unpaired) electrons. The molecule has 0 aromatic carbocycles. The highest BCUT2D eigenvalue weighted by Gasteiger charge is 2.34. The van der Waals surface area contributed by atoms with Crippen molar-refractivity contribution in [1.82, 2.24) is 42.5 Å². The Kier molecular flexibility index (Phi) is 23.9. The lowest BCUT2D eigenvalue weighted by Gasteiger charge is -2.27. The second kappa shape index (κ2) is 27.3. The van der Waals surface area contributed by atoms with Crippen LogP contribution in [0.3, 0.4) is 0 Å². The van der Waals surface area contributed by atoms with E-state index in [0.717, 1.165) is 6.42 Å². The normalized spacial score (nSPS) is 17.0. The van der Waals surface area contributed by atoms with E-state index < -0.39 is 102 Å². The minimum atomic E-state index is -1.70. The smallest absolute Gasteiger partial charge is 0.326 e. The zero-order valence-corrected chi connectivity index (χ0v) is 36.0. The maximum Gasteiger partial charge on any atom is 0.326 e. The number of guanidine groups is 1. The molecule has 0 bridgehead atoms. The predicted octanol–water partition coefficient (Wildman–Crippen LogP) is -3.38. The van der Waals surface area contributed by atoms with Gasteiger partial charge >= 0.3 is 11.9 Å². The van der Waals surface area contributed by atoms with Crippen LogP contribution in [-0.2, 0) is 43.2 Å². The van der Waals surface area contributed by atoms with Crippen LogP contribution in [-0.4, -0.2) is 137 Å². The van der Waals surface area contributed by atoms with E-state index in [2.05, 4.69) is 47.5 Å². The first-order chi connectivity index (χ1) is 28.6. The number of hydrogen-bond donors (Lipinski definition) is 13. The fourth-order valence-corrected chi connectivity index (χ4v) is 6.19. The zero-order valence-electron chi connectivity index (χ0n) is 36.0. The van der Waals surface area contributed by atoms with Crippen molar-refractivity contribution in [2.24, 2.45) is 34.0 Å². The Labute approximate surface area is 356 Å². The summed E-state index contributed by atoms with van der Waals surface area (Å²) in [5, 5.41) is 39.4. The molecule has 1 fully saturated rings. The van der Waals surface area contributed by atoms with Gasteiger partial charge in [0.2, 0.25) is 41.4 Å². The molecule has 0 aromatic rings. The summed E-state index contributed by atoms with van der Waals surface area (Å²) >= 11 is 0. The van der Waals surface area contributed by atoms with Crippen molar-refractivity contribution >= 4 is 59.2 Å². The number of carbonyl (C=O) groups excluding carboxylic acids is 7. The van der Waals surface area contributed by atoms with Crippen LogP contribution in [0.4, 0.5) is 0 Å². The number of carbonyl (C=O) groups is 9. The highest BCUT2D eigenvalue weighted by molar-refractivity contribution is 5.98. The Bertz CT molecular complexity index is 1550. The summed E-state index contributed by atoms with van der Waals surface area (Å²) in [6, 6.07) is -9.55. The molecule has 23 heteroatoms. The summed E-state index contributed by atoms with van der Waals surface area (Å²) in [7, 11) is 0. The van der Waals surface area contributed by atoms with Crippen molar-refractivity contribution in [3.05, 3.63) is 0 Å². The van der Waals surface area contributed by atoms with E-state index in [4.69, 9.17) is 17.2 Å². The van der Waals surface area contributed by atoms with Gasteiger partial charge < -0.3 is 69.9 Å². The minimum Gasteiger partial charge on any atom is -0.481 e. The molecule has 1 rings (SSSR count). The van der Waals surface area contributed by atoms with Crippen LogP contribution in [0, 0.1) is 11.8 Å². The quantitative estimate of drug-likeness (QED) is 0.0207. The zero-order chi connectivity index (χ0) is 46.4. The van der Waals surface area contributed by atoms with Gasteiger partial charge in [-0.3, -0.25) is 43.3 Å². The summed E-state index contributed by atoms with van der Waals surface area (Å²) in [5.41, 5.74) is 16.5. The first-order valence-electron chi connectivity index (χ1n) is 20.6. The fourth-order valence-electron chi connectivity index (χ4n) is 6.19. The number of amides is 7. The summed E-state index contributed by atoms with van der Waals surface area (Å²) in [4.78, 5) is 120. The van der Waals surface area contributed by atoms with Crippen LogP contribution < -0.4 is 59.7 Å².